The van der Waals surface area contributed by atoms with Crippen LogP contribution in [0.5, 0.6) is 0 Å². The van der Waals surface area contributed by atoms with E-state index in [1.54, 1.807) is 24.3 Å². The lowest BCUT2D eigenvalue weighted by atomic mass is 9.90. The average Bonchev–Trinajstić information content (AvgIpc) is 2.64. The minimum atomic E-state index is -2.01. The van der Waals surface area contributed by atoms with Gasteiger partial charge in [-0.1, -0.05) is 11.8 Å². The molecule has 1 amide bonds. The molecule has 11 heteroatoms. The molecular weight excluding hydrogens is 392 g/mol. The number of ether oxygens (including phenoxy) is 1. The van der Waals surface area contributed by atoms with Gasteiger partial charge in [0.15, 0.2) is 0 Å². The highest BCUT2D eigenvalue weighted by molar-refractivity contribution is 8.01. The Labute approximate surface area is 165 Å². The first kappa shape index (κ1) is 22.4. The highest BCUT2D eigenvalue weighted by atomic mass is 32.2. The fourth-order valence-corrected chi connectivity index (χ4v) is 4.11. The molecule has 0 aromatic heterocycles. The van der Waals surface area contributed by atoms with Crippen LogP contribution in [0.2, 0.25) is 0 Å². The van der Waals surface area contributed by atoms with E-state index in [1.807, 2.05) is 0 Å². The Bertz CT molecular complexity index is 703. The number of aliphatic carboxylic acids is 1. The Kier molecular flexibility index (Phi) is 7.26. The number of aliphatic hydroxyl groups excluding tert-OH is 4. The standard InChI is InChI=1S/C17H24N2O8S/c1-8(21)19-13-11(22)6-17(16(25)26,27-15(13)14(24)12(23)7-20)28-10-4-2-9(18)3-5-10/h2-5,11-15,20,22-24H,6-7,18H2,1H3,(H,19,21)(H,25,26)/t11-,12+,13+,14+,15+,17-/m0/s1. The molecule has 6 atom stereocenters. The molecule has 1 aromatic carbocycles. The Morgan fingerprint density at radius 2 is 1.96 bits per heavy atom. The molecule has 0 saturated carbocycles. The zero-order valence-corrected chi connectivity index (χ0v) is 15.9. The van der Waals surface area contributed by atoms with E-state index in [-0.39, 0.29) is 0 Å². The predicted molar refractivity (Wildman–Crippen MR) is 99.3 cm³/mol. The van der Waals surface area contributed by atoms with E-state index < -0.39 is 60.3 Å². The van der Waals surface area contributed by atoms with Gasteiger partial charge in [-0.05, 0) is 24.3 Å². The van der Waals surface area contributed by atoms with Gasteiger partial charge < -0.3 is 41.3 Å². The van der Waals surface area contributed by atoms with Crippen LogP contribution in [-0.2, 0) is 14.3 Å². The number of carboxylic acids is 1. The first-order valence-electron chi connectivity index (χ1n) is 8.47. The molecule has 1 heterocycles. The number of rotatable bonds is 7. The number of hydrogen-bond acceptors (Lipinski definition) is 9. The number of nitrogen functional groups attached to an aromatic ring is 1. The number of hydrogen-bond donors (Lipinski definition) is 7. The molecule has 1 aromatic rings. The number of benzene rings is 1. The number of thioether (sulfide) groups is 1. The highest BCUT2D eigenvalue weighted by Crippen LogP contribution is 2.44. The third kappa shape index (κ3) is 4.93. The first-order valence-corrected chi connectivity index (χ1v) is 9.29. The summed E-state index contributed by atoms with van der Waals surface area (Å²) in [5, 5.41) is 52.0. The van der Waals surface area contributed by atoms with Crippen LogP contribution in [0.3, 0.4) is 0 Å². The second kappa shape index (κ2) is 9.07. The molecule has 0 bridgehead atoms. The summed E-state index contributed by atoms with van der Waals surface area (Å²) in [4.78, 5) is 22.0. The van der Waals surface area contributed by atoms with Crippen molar-refractivity contribution in [1.29, 1.82) is 0 Å². The minimum absolute atomic E-state index is 0.402. The summed E-state index contributed by atoms with van der Waals surface area (Å²) in [6.45, 7) is 0.357. The summed E-state index contributed by atoms with van der Waals surface area (Å²) in [6, 6.07) is 5.11. The van der Waals surface area contributed by atoms with Crippen LogP contribution >= 0.6 is 11.8 Å². The summed E-state index contributed by atoms with van der Waals surface area (Å²) in [7, 11) is 0. The molecule has 2 rings (SSSR count). The number of carboxylic acid groups (broad SMARTS) is 1. The molecule has 0 unspecified atom stereocenters. The van der Waals surface area contributed by atoms with Crippen molar-refractivity contribution in [2.45, 2.75) is 53.6 Å². The van der Waals surface area contributed by atoms with E-state index >= 15 is 0 Å². The summed E-state index contributed by atoms with van der Waals surface area (Å²) in [5.41, 5.74) is 6.10. The van der Waals surface area contributed by atoms with Gasteiger partial charge in [0.2, 0.25) is 10.8 Å². The number of nitrogens with one attached hydrogen (secondary N) is 1. The van der Waals surface area contributed by atoms with Gasteiger partial charge in [0.1, 0.15) is 18.3 Å². The largest absolute Gasteiger partial charge is 0.478 e. The van der Waals surface area contributed by atoms with Crippen molar-refractivity contribution in [3.8, 4) is 0 Å². The van der Waals surface area contributed by atoms with E-state index in [2.05, 4.69) is 5.32 Å². The molecular formula is C17H24N2O8S. The molecule has 10 nitrogen and oxygen atoms in total. The molecule has 0 spiro atoms. The Morgan fingerprint density at radius 1 is 1.36 bits per heavy atom. The molecule has 1 aliphatic heterocycles. The molecule has 1 aliphatic rings. The van der Waals surface area contributed by atoms with E-state index in [9.17, 15) is 30.0 Å². The van der Waals surface area contributed by atoms with Crippen LogP contribution in [0.15, 0.2) is 29.2 Å². The quantitative estimate of drug-likeness (QED) is 0.259. The second-order valence-corrected chi connectivity index (χ2v) is 7.88. The zero-order valence-electron chi connectivity index (χ0n) is 15.1. The highest BCUT2D eigenvalue weighted by Gasteiger charge is 2.55. The van der Waals surface area contributed by atoms with Crippen molar-refractivity contribution in [2.24, 2.45) is 0 Å². The lowest BCUT2D eigenvalue weighted by Gasteiger charge is -2.46. The van der Waals surface area contributed by atoms with Crippen LogP contribution in [0.25, 0.3) is 0 Å². The number of anilines is 1. The Hall–Kier alpha value is -1.89. The van der Waals surface area contributed by atoms with Crippen LogP contribution in [0.4, 0.5) is 5.69 Å². The number of amides is 1. The van der Waals surface area contributed by atoms with Gasteiger partial charge in [-0.2, -0.15) is 0 Å². The van der Waals surface area contributed by atoms with Crippen molar-refractivity contribution >= 4 is 29.3 Å². The maximum Gasteiger partial charge on any atom is 0.347 e. The lowest BCUT2D eigenvalue weighted by Crippen LogP contribution is -2.66. The summed E-state index contributed by atoms with van der Waals surface area (Å²) in [5.74, 6) is -1.96. The van der Waals surface area contributed by atoms with E-state index in [0.29, 0.717) is 10.6 Å². The van der Waals surface area contributed by atoms with Crippen molar-refractivity contribution in [2.75, 3.05) is 12.3 Å². The fraction of sp³-hybridized carbons (Fsp3) is 0.529. The molecule has 0 aliphatic carbocycles. The number of carbonyl (C=O) groups is 2. The van der Waals surface area contributed by atoms with Crippen molar-refractivity contribution in [3.63, 3.8) is 0 Å². The van der Waals surface area contributed by atoms with Crippen molar-refractivity contribution < 1.29 is 39.9 Å². The number of carbonyl (C=O) groups excluding carboxylic acids is 1. The topological polar surface area (TPSA) is 183 Å². The van der Waals surface area contributed by atoms with E-state index in [1.165, 1.54) is 6.92 Å². The van der Waals surface area contributed by atoms with Crippen molar-refractivity contribution in [1.82, 2.24) is 5.32 Å². The third-order valence-corrected chi connectivity index (χ3v) is 5.62. The van der Waals surface area contributed by atoms with E-state index in [4.69, 9.17) is 15.6 Å². The maximum atomic E-state index is 12.1. The summed E-state index contributed by atoms with van der Waals surface area (Å²) < 4.78 is 5.67. The van der Waals surface area contributed by atoms with Gasteiger partial charge in [-0.25, -0.2) is 4.79 Å². The molecule has 1 saturated heterocycles. The average molecular weight is 416 g/mol. The molecule has 8 N–H and O–H groups in total. The van der Waals surface area contributed by atoms with Gasteiger partial charge in [-0.3, -0.25) is 4.79 Å². The molecule has 28 heavy (non-hydrogen) atoms. The van der Waals surface area contributed by atoms with Gasteiger partial charge in [-0.15, -0.1) is 0 Å². The summed E-state index contributed by atoms with van der Waals surface area (Å²) in [6.07, 6.45) is -6.73. The SMILES string of the molecule is CC(=O)N[C@H]1[C@H]([C@H](O)[C@H](O)CO)O[C@@](Sc2ccc(N)cc2)(C(=O)O)C[C@@H]1O. The monoisotopic (exact) mass is 416 g/mol. The molecule has 1 fully saturated rings. The van der Waals surface area contributed by atoms with Crippen molar-refractivity contribution in [3.05, 3.63) is 24.3 Å². The van der Waals surface area contributed by atoms with Gasteiger partial charge in [0.25, 0.3) is 0 Å². The Balaban J connectivity index is 2.40. The van der Waals surface area contributed by atoms with Crippen LogP contribution in [0, 0.1) is 0 Å². The number of aliphatic hydroxyl groups is 4. The molecule has 156 valence electrons. The van der Waals surface area contributed by atoms with E-state index in [0.717, 1.165) is 11.8 Å². The molecule has 0 radical (unpaired) electrons. The fourth-order valence-electron chi connectivity index (χ4n) is 2.96. The number of nitrogens with two attached hydrogens (primary N) is 1. The lowest BCUT2D eigenvalue weighted by molar-refractivity contribution is -0.205. The zero-order chi connectivity index (χ0) is 21.1. The van der Waals surface area contributed by atoms with Gasteiger partial charge >= 0.3 is 5.97 Å². The van der Waals surface area contributed by atoms with Crippen LogP contribution < -0.4 is 11.1 Å². The maximum absolute atomic E-state index is 12.1. The smallest absolute Gasteiger partial charge is 0.347 e. The Morgan fingerprint density at radius 3 is 2.46 bits per heavy atom. The van der Waals surface area contributed by atoms with Crippen LogP contribution in [0.1, 0.15) is 13.3 Å². The third-order valence-electron chi connectivity index (χ3n) is 4.35. The second-order valence-electron chi connectivity index (χ2n) is 6.55. The minimum Gasteiger partial charge on any atom is -0.478 e. The first-order chi connectivity index (χ1) is 13.1. The van der Waals surface area contributed by atoms with Gasteiger partial charge in [0.05, 0.1) is 18.8 Å². The summed E-state index contributed by atoms with van der Waals surface area (Å²) >= 11 is 0.789. The van der Waals surface area contributed by atoms with Gasteiger partial charge in [0, 0.05) is 23.9 Å². The van der Waals surface area contributed by atoms with Crippen LogP contribution in [-0.4, -0.2) is 79.4 Å². The predicted octanol–water partition coefficient (Wildman–Crippen LogP) is -1.49. The normalized spacial score (nSPS) is 29.7.